The van der Waals surface area contributed by atoms with Crippen LogP contribution in [0.1, 0.15) is 32.1 Å². The third-order valence-electron chi connectivity index (χ3n) is 3.75. The number of urea groups is 1. The molecule has 3 amide bonds. The first-order valence-corrected chi connectivity index (χ1v) is 9.38. The molecule has 1 fully saturated rings. The lowest BCUT2D eigenvalue weighted by atomic mass is 10.2. The first kappa shape index (κ1) is 19.1. The molecule has 2 atom stereocenters. The second kappa shape index (κ2) is 9.28. The van der Waals surface area contributed by atoms with Gasteiger partial charge in [-0.05, 0) is 19.3 Å². The molecule has 2 aliphatic heterocycles. The minimum Gasteiger partial charge on any atom is -0.481 e. The summed E-state index contributed by atoms with van der Waals surface area (Å²) in [7, 11) is 0. The number of aliphatic imine (C=N–C) groups is 1. The third-order valence-corrected chi connectivity index (χ3v) is 5.66. The molecule has 0 aromatic rings. The summed E-state index contributed by atoms with van der Waals surface area (Å²) < 4.78 is 2.09. The van der Waals surface area contributed by atoms with E-state index < -0.39 is 5.97 Å². The van der Waals surface area contributed by atoms with E-state index in [2.05, 4.69) is 32.6 Å². The quantitative estimate of drug-likeness (QED) is 0.271. The summed E-state index contributed by atoms with van der Waals surface area (Å²) in [6, 6.07) is -0.311. The number of nitrogens with one attached hydrogen (secondary N) is 2. The van der Waals surface area contributed by atoms with E-state index in [-0.39, 0.29) is 29.8 Å². The number of carboxylic acid groups (broad SMARTS) is 1. The molecular formula is C14H22N4O4S2. The minimum atomic E-state index is -0.851. The van der Waals surface area contributed by atoms with E-state index in [1.807, 2.05) is 0 Å². The molecule has 2 aliphatic rings. The zero-order valence-corrected chi connectivity index (χ0v) is 14.9. The fourth-order valence-corrected chi connectivity index (χ4v) is 4.15. The Morgan fingerprint density at radius 1 is 1.38 bits per heavy atom. The van der Waals surface area contributed by atoms with E-state index in [0.717, 1.165) is 30.9 Å². The summed E-state index contributed by atoms with van der Waals surface area (Å²) in [4.78, 5) is 37.3. The van der Waals surface area contributed by atoms with E-state index in [1.165, 1.54) is 0 Å². The molecule has 0 aliphatic carbocycles. The highest BCUT2D eigenvalue weighted by atomic mass is 32.2. The number of rotatable bonds is 9. The van der Waals surface area contributed by atoms with Crippen LogP contribution in [0, 0.1) is 0 Å². The van der Waals surface area contributed by atoms with Crippen LogP contribution in [0.4, 0.5) is 4.79 Å². The van der Waals surface area contributed by atoms with Crippen LogP contribution < -0.4 is 10.6 Å². The predicted octanol–water partition coefficient (Wildman–Crippen LogP) is 0.890. The van der Waals surface area contributed by atoms with Gasteiger partial charge in [0.1, 0.15) is 5.37 Å². The monoisotopic (exact) mass is 374 g/mol. The average molecular weight is 374 g/mol. The number of hydrogen-bond donors (Lipinski definition) is 4. The van der Waals surface area contributed by atoms with E-state index in [4.69, 9.17) is 5.11 Å². The average Bonchev–Trinajstić information content (AvgIpc) is 2.91. The molecule has 0 saturated carbocycles. The predicted molar refractivity (Wildman–Crippen MR) is 95.4 cm³/mol. The van der Waals surface area contributed by atoms with Crippen molar-refractivity contribution in [2.75, 3.05) is 18.8 Å². The Balaban J connectivity index is 1.59. The molecule has 1 saturated heterocycles. The molecule has 0 aromatic carbocycles. The maximum atomic E-state index is 11.6. The number of thiol groups is 1. The van der Waals surface area contributed by atoms with Gasteiger partial charge in [0.05, 0.1) is 11.8 Å². The van der Waals surface area contributed by atoms with Crippen LogP contribution in [0.5, 0.6) is 0 Å². The van der Waals surface area contributed by atoms with E-state index in [9.17, 15) is 14.4 Å². The number of carbonyl (C=O) groups excluding carboxylic acids is 2. The molecule has 0 aromatic heterocycles. The smallest absolute Gasteiger partial charge is 0.341 e. The molecule has 0 radical (unpaired) electrons. The zero-order valence-electron chi connectivity index (χ0n) is 13.2. The Hall–Kier alpha value is -1.26. The molecule has 0 bridgehead atoms. The highest BCUT2D eigenvalue weighted by molar-refractivity contribution is 7.98. The molecule has 8 nitrogen and oxygen atoms in total. The van der Waals surface area contributed by atoms with Gasteiger partial charge in [0, 0.05) is 31.7 Å². The van der Waals surface area contributed by atoms with Gasteiger partial charge >= 0.3 is 12.0 Å². The normalized spacial score (nSPS) is 23.4. The minimum absolute atomic E-state index is 0.0159. The van der Waals surface area contributed by atoms with Gasteiger partial charge in [-0.15, -0.1) is 0 Å². The van der Waals surface area contributed by atoms with Crippen molar-refractivity contribution in [1.29, 1.82) is 0 Å². The molecule has 1 unspecified atom stereocenters. The number of carboxylic acids is 1. The first-order valence-electron chi connectivity index (χ1n) is 7.92. The SMILES string of the molecule is O=C(O)CCCNC(=O)CCCCN1SC[C@@H]2NC(=O)N=C2C1S. The van der Waals surface area contributed by atoms with Gasteiger partial charge in [-0.1, -0.05) is 11.9 Å². The molecule has 0 spiro atoms. The zero-order chi connectivity index (χ0) is 17.5. The number of carbonyl (C=O) groups is 3. The van der Waals surface area contributed by atoms with Crippen LogP contribution in [-0.4, -0.2) is 63.3 Å². The van der Waals surface area contributed by atoms with Crippen LogP contribution in [0.2, 0.25) is 0 Å². The van der Waals surface area contributed by atoms with Gasteiger partial charge in [0.15, 0.2) is 0 Å². The van der Waals surface area contributed by atoms with Gasteiger partial charge in [0.25, 0.3) is 0 Å². The van der Waals surface area contributed by atoms with Gasteiger partial charge < -0.3 is 15.7 Å². The summed E-state index contributed by atoms with van der Waals surface area (Å²) in [5.41, 5.74) is 0.776. The van der Waals surface area contributed by atoms with Crippen LogP contribution in [0.15, 0.2) is 4.99 Å². The summed E-state index contributed by atoms with van der Waals surface area (Å²) >= 11 is 6.18. The second-order valence-electron chi connectivity index (χ2n) is 5.65. The second-order valence-corrected chi connectivity index (χ2v) is 7.20. The standard InChI is InChI=1S/C14H22N4O4S2/c19-10(15-6-3-5-11(20)21)4-1-2-7-18-13(23)12-9(8-24-18)16-14(22)17-12/h9,13,23H,1-8H2,(H,15,19)(H,16,22)(H,20,21)/t9-,13?/m0/s1. The Labute approximate surface area is 150 Å². The summed E-state index contributed by atoms with van der Waals surface area (Å²) in [6.45, 7) is 1.17. The van der Waals surface area contributed by atoms with Crippen molar-refractivity contribution in [3.63, 3.8) is 0 Å². The number of aliphatic carboxylic acids is 1. The fourth-order valence-electron chi connectivity index (χ4n) is 2.50. The summed E-state index contributed by atoms with van der Waals surface area (Å²) in [5.74, 6) is -0.147. The maximum Gasteiger partial charge on any atom is 0.341 e. The summed E-state index contributed by atoms with van der Waals surface area (Å²) in [6.07, 6.45) is 2.52. The van der Waals surface area contributed by atoms with Crippen molar-refractivity contribution in [3.05, 3.63) is 0 Å². The van der Waals surface area contributed by atoms with Crippen molar-refractivity contribution in [3.8, 4) is 0 Å². The van der Waals surface area contributed by atoms with Crippen LogP contribution in [-0.2, 0) is 9.59 Å². The number of unbranched alkanes of at least 4 members (excludes halogenated alkanes) is 1. The van der Waals surface area contributed by atoms with Gasteiger partial charge in [-0.3, -0.25) is 9.59 Å². The van der Waals surface area contributed by atoms with Crippen molar-refractivity contribution in [2.24, 2.45) is 4.99 Å². The number of amides is 3. The molecule has 2 heterocycles. The van der Waals surface area contributed by atoms with Gasteiger partial charge in [-0.25, -0.2) is 9.10 Å². The molecule has 2 rings (SSSR count). The van der Waals surface area contributed by atoms with Crippen molar-refractivity contribution in [1.82, 2.24) is 14.9 Å². The maximum absolute atomic E-state index is 11.6. The van der Waals surface area contributed by atoms with Crippen LogP contribution in [0.3, 0.4) is 0 Å². The van der Waals surface area contributed by atoms with Crippen molar-refractivity contribution >= 4 is 48.2 Å². The Kier molecular flexibility index (Phi) is 7.38. The third kappa shape index (κ3) is 5.67. The Morgan fingerprint density at radius 2 is 2.17 bits per heavy atom. The molecular weight excluding hydrogens is 352 g/mol. The number of hydrogen-bond acceptors (Lipinski definition) is 6. The topological polar surface area (TPSA) is 111 Å². The highest BCUT2D eigenvalue weighted by Crippen LogP contribution is 2.29. The van der Waals surface area contributed by atoms with Gasteiger partial charge in [0.2, 0.25) is 5.91 Å². The Morgan fingerprint density at radius 3 is 2.92 bits per heavy atom. The number of fused-ring (bicyclic) bond motifs is 1. The molecule has 10 heteroatoms. The van der Waals surface area contributed by atoms with Crippen molar-refractivity contribution in [2.45, 2.75) is 43.5 Å². The Bertz CT molecular complexity index is 529. The van der Waals surface area contributed by atoms with E-state index in [0.29, 0.717) is 19.4 Å². The molecule has 134 valence electrons. The largest absolute Gasteiger partial charge is 0.481 e. The lowest BCUT2D eigenvalue weighted by Gasteiger charge is -2.34. The lowest BCUT2D eigenvalue weighted by Crippen LogP contribution is -2.48. The lowest BCUT2D eigenvalue weighted by molar-refractivity contribution is -0.137. The van der Waals surface area contributed by atoms with Crippen LogP contribution >= 0.6 is 24.6 Å². The van der Waals surface area contributed by atoms with Crippen LogP contribution in [0.25, 0.3) is 0 Å². The molecule has 24 heavy (non-hydrogen) atoms. The van der Waals surface area contributed by atoms with E-state index >= 15 is 0 Å². The van der Waals surface area contributed by atoms with Crippen molar-refractivity contribution < 1.29 is 19.5 Å². The van der Waals surface area contributed by atoms with Gasteiger partial charge in [-0.2, -0.15) is 17.6 Å². The van der Waals surface area contributed by atoms with E-state index in [1.54, 1.807) is 11.9 Å². The first-order chi connectivity index (χ1) is 11.5. The number of nitrogens with zero attached hydrogens (tertiary/aromatic N) is 2. The molecule has 3 N–H and O–H groups in total. The fraction of sp³-hybridized carbons (Fsp3) is 0.714. The highest BCUT2D eigenvalue weighted by Gasteiger charge is 2.37. The summed E-state index contributed by atoms with van der Waals surface area (Å²) in [5, 5.41) is 13.8.